The number of nitrogens with zero attached hydrogens (tertiary/aromatic N) is 1. The first-order valence-corrected chi connectivity index (χ1v) is 12.6. The number of fused-ring (bicyclic) bond motifs is 3. The van der Waals surface area contributed by atoms with Crippen molar-refractivity contribution >= 4 is 43.8 Å². The molecule has 0 aliphatic heterocycles. The Morgan fingerprint density at radius 2 is 1.30 bits per heavy atom. The number of methoxy groups -OCH3 is 2. The Morgan fingerprint density at radius 3 is 1.92 bits per heavy atom. The van der Waals surface area contributed by atoms with E-state index in [0.29, 0.717) is 10.9 Å². The average Bonchev–Trinajstić information content (AvgIpc) is 3.29. The molecule has 1 aromatic heterocycles. The van der Waals surface area contributed by atoms with Crippen LogP contribution in [0, 0.1) is 0 Å². The molecule has 0 atom stereocenters. The summed E-state index contributed by atoms with van der Waals surface area (Å²) in [6.45, 7) is 0. The SMILES string of the molecule is COC(=O)c1c(C(=O)OC)c(-c2ccccc2)c2c(c1O)c1ccccc1n2S(=O)(=O)c1ccccc1. The third-order valence-electron chi connectivity index (χ3n) is 6.17. The number of esters is 2. The van der Waals surface area contributed by atoms with Crippen LogP contribution in [0.15, 0.2) is 89.8 Å². The third kappa shape index (κ3) is 3.63. The number of ether oxygens (including phenoxy) is 2. The lowest BCUT2D eigenvalue weighted by atomic mass is 9.91. The molecule has 4 aromatic carbocycles. The van der Waals surface area contributed by atoms with Crippen molar-refractivity contribution in [1.82, 2.24) is 3.97 Å². The van der Waals surface area contributed by atoms with Crippen LogP contribution in [0.2, 0.25) is 0 Å². The molecule has 0 aliphatic rings. The van der Waals surface area contributed by atoms with Gasteiger partial charge in [0.25, 0.3) is 10.0 Å². The molecule has 0 aliphatic carbocycles. The Labute approximate surface area is 212 Å². The highest BCUT2D eigenvalue weighted by atomic mass is 32.2. The number of benzene rings is 4. The molecule has 0 saturated carbocycles. The number of carbonyl (C=O) groups excluding carboxylic acids is 2. The van der Waals surface area contributed by atoms with E-state index in [9.17, 15) is 23.1 Å². The van der Waals surface area contributed by atoms with Crippen molar-refractivity contribution in [3.8, 4) is 16.9 Å². The smallest absolute Gasteiger partial charge is 0.342 e. The zero-order valence-electron chi connectivity index (χ0n) is 19.8. The molecule has 5 rings (SSSR count). The van der Waals surface area contributed by atoms with E-state index in [2.05, 4.69) is 0 Å². The van der Waals surface area contributed by atoms with Gasteiger partial charge in [-0.15, -0.1) is 0 Å². The molecule has 5 aromatic rings. The highest BCUT2D eigenvalue weighted by Gasteiger charge is 2.35. The van der Waals surface area contributed by atoms with Gasteiger partial charge in [0, 0.05) is 10.9 Å². The van der Waals surface area contributed by atoms with Crippen molar-refractivity contribution in [3.05, 3.63) is 96.1 Å². The van der Waals surface area contributed by atoms with Gasteiger partial charge in [-0.05, 0) is 23.8 Å². The summed E-state index contributed by atoms with van der Waals surface area (Å²) >= 11 is 0. The minimum atomic E-state index is -4.25. The summed E-state index contributed by atoms with van der Waals surface area (Å²) in [5.41, 5.74) is 0.105. The van der Waals surface area contributed by atoms with E-state index in [-0.39, 0.29) is 32.4 Å². The van der Waals surface area contributed by atoms with E-state index >= 15 is 0 Å². The zero-order valence-corrected chi connectivity index (χ0v) is 20.7. The second-order valence-corrected chi connectivity index (χ2v) is 9.93. The van der Waals surface area contributed by atoms with Crippen LogP contribution >= 0.6 is 0 Å². The molecule has 1 N–H and O–H groups in total. The van der Waals surface area contributed by atoms with Gasteiger partial charge in [0.15, 0.2) is 0 Å². The summed E-state index contributed by atoms with van der Waals surface area (Å²) in [5, 5.41) is 11.9. The van der Waals surface area contributed by atoms with Crippen molar-refractivity contribution in [3.63, 3.8) is 0 Å². The second kappa shape index (κ2) is 9.11. The maximum absolute atomic E-state index is 14.1. The Hall–Kier alpha value is -4.63. The van der Waals surface area contributed by atoms with Crippen molar-refractivity contribution in [2.24, 2.45) is 0 Å². The highest BCUT2D eigenvalue weighted by molar-refractivity contribution is 7.90. The first-order chi connectivity index (χ1) is 17.8. The molecule has 1 heterocycles. The molecule has 186 valence electrons. The first-order valence-electron chi connectivity index (χ1n) is 11.2. The summed E-state index contributed by atoms with van der Waals surface area (Å²) in [5.74, 6) is -2.50. The fourth-order valence-electron chi connectivity index (χ4n) is 4.61. The summed E-state index contributed by atoms with van der Waals surface area (Å²) in [7, 11) is -1.99. The van der Waals surface area contributed by atoms with Crippen LogP contribution in [0.25, 0.3) is 32.9 Å². The summed E-state index contributed by atoms with van der Waals surface area (Å²) in [4.78, 5) is 26.1. The Balaban J connectivity index is 2.14. The van der Waals surface area contributed by atoms with Gasteiger partial charge in [0.2, 0.25) is 0 Å². The lowest BCUT2D eigenvalue weighted by Crippen LogP contribution is -2.17. The fraction of sp³-hybridized carbons (Fsp3) is 0.0714. The molecule has 9 heteroatoms. The lowest BCUT2D eigenvalue weighted by molar-refractivity contribution is 0.0553. The maximum Gasteiger partial charge on any atom is 0.342 e. The first kappa shape index (κ1) is 24.1. The highest BCUT2D eigenvalue weighted by Crippen LogP contribution is 2.47. The Bertz CT molecular complexity index is 1790. The molecule has 0 spiro atoms. The molecule has 0 radical (unpaired) electrons. The topological polar surface area (TPSA) is 112 Å². The third-order valence-corrected chi connectivity index (χ3v) is 7.89. The average molecular weight is 516 g/mol. The Morgan fingerprint density at radius 1 is 0.757 bits per heavy atom. The van der Waals surface area contributed by atoms with E-state index in [1.54, 1.807) is 72.8 Å². The van der Waals surface area contributed by atoms with E-state index in [4.69, 9.17) is 9.47 Å². The quantitative estimate of drug-likeness (QED) is 0.329. The van der Waals surface area contributed by atoms with Crippen molar-refractivity contribution < 1.29 is 32.6 Å². The van der Waals surface area contributed by atoms with Gasteiger partial charge in [-0.2, -0.15) is 0 Å². The van der Waals surface area contributed by atoms with Crippen molar-refractivity contribution in [1.29, 1.82) is 0 Å². The van der Waals surface area contributed by atoms with Gasteiger partial charge in [-0.3, -0.25) is 0 Å². The maximum atomic E-state index is 14.1. The molecule has 0 amide bonds. The van der Waals surface area contributed by atoms with Gasteiger partial charge in [0.05, 0.1) is 41.1 Å². The number of hydrogen-bond acceptors (Lipinski definition) is 7. The van der Waals surface area contributed by atoms with Crippen LogP contribution in [0.1, 0.15) is 20.7 Å². The molecule has 0 saturated heterocycles. The van der Waals surface area contributed by atoms with E-state index in [1.807, 2.05) is 0 Å². The van der Waals surface area contributed by atoms with E-state index in [1.165, 1.54) is 12.1 Å². The lowest BCUT2D eigenvalue weighted by Gasteiger charge is -2.18. The van der Waals surface area contributed by atoms with E-state index in [0.717, 1.165) is 18.2 Å². The number of rotatable bonds is 5. The van der Waals surface area contributed by atoms with Crippen LogP contribution in [0.4, 0.5) is 0 Å². The number of phenolic OH excluding ortho intramolecular Hbond substituents is 1. The molecule has 0 fully saturated rings. The summed E-state index contributed by atoms with van der Waals surface area (Å²) < 4.78 is 39.3. The predicted molar refractivity (Wildman–Crippen MR) is 138 cm³/mol. The summed E-state index contributed by atoms with van der Waals surface area (Å²) in [6.07, 6.45) is 0. The zero-order chi connectivity index (χ0) is 26.3. The number of para-hydroxylation sites is 1. The monoisotopic (exact) mass is 515 g/mol. The van der Waals surface area contributed by atoms with Crippen LogP contribution in [0.5, 0.6) is 5.75 Å². The Kier molecular flexibility index (Phi) is 5.93. The van der Waals surface area contributed by atoms with Crippen molar-refractivity contribution in [2.45, 2.75) is 4.90 Å². The van der Waals surface area contributed by atoms with Crippen LogP contribution < -0.4 is 0 Å². The van der Waals surface area contributed by atoms with Crippen LogP contribution in [-0.2, 0) is 19.5 Å². The number of phenols is 1. The van der Waals surface area contributed by atoms with Crippen molar-refractivity contribution in [2.75, 3.05) is 14.2 Å². The molecule has 0 bridgehead atoms. The number of aromatic nitrogens is 1. The molecule has 37 heavy (non-hydrogen) atoms. The van der Waals surface area contributed by atoms with Gasteiger partial charge >= 0.3 is 11.9 Å². The molecule has 8 nitrogen and oxygen atoms in total. The van der Waals surface area contributed by atoms with Gasteiger partial charge in [-0.25, -0.2) is 22.0 Å². The normalized spacial score (nSPS) is 11.5. The van der Waals surface area contributed by atoms with Gasteiger partial charge < -0.3 is 14.6 Å². The molecular formula is C28H21NO7S. The number of carbonyl (C=O) groups is 2. The predicted octanol–water partition coefficient (Wildman–Crippen LogP) is 4.98. The molecule has 0 unspecified atom stereocenters. The summed E-state index contributed by atoms with van der Waals surface area (Å²) in [6, 6.07) is 23.0. The van der Waals surface area contributed by atoms with Crippen LogP contribution in [0.3, 0.4) is 0 Å². The number of hydrogen-bond donors (Lipinski definition) is 1. The second-order valence-electron chi connectivity index (χ2n) is 8.15. The minimum Gasteiger partial charge on any atom is -0.506 e. The fourth-order valence-corrected chi connectivity index (χ4v) is 6.16. The van der Waals surface area contributed by atoms with Gasteiger partial charge in [0.1, 0.15) is 11.3 Å². The van der Waals surface area contributed by atoms with E-state index < -0.39 is 33.3 Å². The standard InChI is InChI=1S/C28H21NO7S/c1-35-27(31)23-21(17-11-5-3-6-12-17)25-22(26(30)24(23)28(32)36-2)19-15-9-10-16-20(19)29(25)37(33,34)18-13-7-4-8-14-18/h3-16,30H,1-2H3. The largest absolute Gasteiger partial charge is 0.506 e. The number of aromatic hydroxyl groups is 1. The molecular weight excluding hydrogens is 494 g/mol. The van der Waals surface area contributed by atoms with Gasteiger partial charge in [-0.1, -0.05) is 66.7 Å². The minimum absolute atomic E-state index is 0.00724. The van der Waals surface area contributed by atoms with Crippen LogP contribution in [-0.4, -0.2) is 43.7 Å².